The molecule has 4 heteroatoms. The predicted molar refractivity (Wildman–Crippen MR) is 77.0 cm³/mol. The minimum Gasteiger partial charge on any atom is -0.465 e. The number of ether oxygens (including phenoxy) is 1. The summed E-state index contributed by atoms with van der Waals surface area (Å²) in [5.41, 5.74) is 1.50. The summed E-state index contributed by atoms with van der Waals surface area (Å²) in [6.07, 6.45) is 3.36. The van der Waals surface area contributed by atoms with E-state index in [9.17, 15) is 9.18 Å². The van der Waals surface area contributed by atoms with Crippen LogP contribution in [0, 0.1) is 11.2 Å². The van der Waals surface area contributed by atoms with Crippen molar-refractivity contribution in [3.05, 3.63) is 35.8 Å². The van der Waals surface area contributed by atoms with Crippen LogP contribution in [0.4, 0.5) is 4.39 Å². The number of carbonyl (C=O) groups is 1. The monoisotopic (exact) mass is 277 g/mol. The van der Waals surface area contributed by atoms with Crippen molar-refractivity contribution in [1.29, 1.82) is 0 Å². The first-order valence-electron chi connectivity index (χ1n) is 6.80. The third-order valence-electron chi connectivity index (χ3n) is 3.17. The number of hydrogen-bond donors (Lipinski definition) is 1. The summed E-state index contributed by atoms with van der Waals surface area (Å²) >= 11 is 0. The maximum absolute atomic E-state index is 13.2. The Hall–Kier alpha value is -1.84. The molecule has 0 aliphatic carbocycles. The first-order chi connectivity index (χ1) is 9.38. The molecule has 1 N–H and O–H groups in total. The molecule has 3 nitrogen and oxygen atoms in total. The summed E-state index contributed by atoms with van der Waals surface area (Å²) in [4.78, 5) is 14.7. The van der Waals surface area contributed by atoms with Gasteiger partial charge in [-0.2, -0.15) is 0 Å². The van der Waals surface area contributed by atoms with E-state index in [0.717, 1.165) is 29.3 Å². The Labute approximate surface area is 118 Å². The Bertz CT molecular complexity index is 610. The molecule has 1 heterocycles. The van der Waals surface area contributed by atoms with Crippen LogP contribution in [-0.2, 0) is 16.0 Å². The van der Waals surface area contributed by atoms with Crippen molar-refractivity contribution in [2.75, 3.05) is 6.61 Å². The summed E-state index contributed by atoms with van der Waals surface area (Å²) in [5.74, 6) is -0.431. The van der Waals surface area contributed by atoms with Crippen LogP contribution < -0.4 is 0 Å². The molecule has 2 rings (SSSR count). The number of H-pyrrole nitrogens is 1. The first kappa shape index (κ1) is 14.6. The molecule has 1 aromatic carbocycles. The number of benzene rings is 1. The third kappa shape index (κ3) is 3.38. The van der Waals surface area contributed by atoms with E-state index in [1.165, 1.54) is 12.1 Å². The molecule has 0 atom stereocenters. The Morgan fingerprint density at radius 3 is 2.80 bits per heavy atom. The molecule has 108 valence electrons. The van der Waals surface area contributed by atoms with Crippen LogP contribution in [0.3, 0.4) is 0 Å². The summed E-state index contributed by atoms with van der Waals surface area (Å²) < 4.78 is 18.5. The fraction of sp³-hybridized carbons (Fsp3) is 0.438. The van der Waals surface area contributed by atoms with Crippen LogP contribution in [0.2, 0.25) is 0 Å². The number of hydrogen-bond acceptors (Lipinski definition) is 2. The highest BCUT2D eigenvalue weighted by molar-refractivity contribution is 5.83. The lowest BCUT2D eigenvalue weighted by Crippen LogP contribution is -2.23. The number of carbonyl (C=O) groups excluding carboxylic acids is 1. The smallest absolute Gasteiger partial charge is 0.311 e. The van der Waals surface area contributed by atoms with Gasteiger partial charge in [0.15, 0.2) is 0 Å². The second-order valence-corrected chi connectivity index (χ2v) is 5.99. The molecule has 0 fully saturated rings. The van der Waals surface area contributed by atoms with Gasteiger partial charge in [0.2, 0.25) is 0 Å². The Kier molecular flexibility index (Phi) is 4.12. The normalized spacial score (nSPS) is 11.8. The zero-order chi connectivity index (χ0) is 14.8. The molecule has 0 saturated carbocycles. The van der Waals surface area contributed by atoms with E-state index in [-0.39, 0.29) is 11.8 Å². The van der Waals surface area contributed by atoms with Gasteiger partial charge in [-0.1, -0.05) is 0 Å². The van der Waals surface area contributed by atoms with E-state index in [1.807, 2.05) is 27.0 Å². The van der Waals surface area contributed by atoms with Crippen LogP contribution in [0.25, 0.3) is 10.9 Å². The van der Waals surface area contributed by atoms with E-state index in [4.69, 9.17) is 4.74 Å². The van der Waals surface area contributed by atoms with Gasteiger partial charge in [0, 0.05) is 17.1 Å². The van der Waals surface area contributed by atoms with E-state index in [1.54, 1.807) is 6.07 Å². The minimum absolute atomic E-state index is 0.192. The number of halogens is 1. The molecule has 2 aromatic rings. The van der Waals surface area contributed by atoms with Crippen molar-refractivity contribution in [3.8, 4) is 0 Å². The van der Waals surface area contributed by atoms with Gasteiger partial charge in [0.05, 0.1) is 12.0 Å². The van der Waals surface area contributed by atoms with Gasteiger partial charge in [0.25, 0.3) is 0 Å². The summed E-state index contributed by atoms with van der Waals surface area (Å²) in [6.45, 7) is 5.88. The summed E-state index contributed by atoms with van der Waals surface area (Å²) in [5, 5.41) is 0.896. The van der Waals surface area contributed by atoms with Gasteiger partial charge in [0.1, 0.15) is 5.82 Å². The molecule has 0 radical (unpaired) electrons. The fourth-order valence-corrected chi connectivity index (χ4v) is 2.00. The van der Waals surface area contributed by atoms with Crippen molar-refractivity contribution >= 4 is 16.9 Å². The van der Waals surface area contributed by atoms with Crippen LogP contribution in [0.15, 0.2) is 24.4 Å². The van der Waals surface area contributed by atoms with Crippen LogP contribution in [0.5, 0.6) is 0 Å². The lowest BCUT2D eigenvalue weighted by molar-refractivity contribution is -0.153. The van der Waals surface area contributed by atoms with Crippen LogP contribution in [-0.4, -0.2) is 17.6 Å². The van der Waals surface area contributed by atoms with Crippen molar-refractivity contribution < 1.29 is 13.9 Å². The van der Waals surface area contributed by atoms with E-state index in [2.05, 4.69) is 4.98 Å². The van der Waals surface area contributed by atoms with Crippen molar-refractivity contribution in [1.82, 2.24) is 4.98 Å². The lowest BCUT2D eigenvalue weighted by atomic mass is 9.97. The molecule has 0 unspecified atom stereocenters. The van der Waals surface area contributed by atoms with Gasteiger partial charge in [-0.05, 0) is 57.4 Å². The zero-order valence-electron chi connectivity index (χ0n) is 12.1. The molecule has 0 aliphatic heterocycles. The molecule has 0 spiro atoms. The number of aromatic amines is 1. The average molecular weight is 277 g/mol. The Morgan fingerprint density at radius 1 is 1.35 bits per heavy atom. The number of fused-ring (bicyclic) bond motifs is 1. The van der Waals surface area contributed by atoms with Crippen molar-refractivity contribution in [3.63, 3.8) is 0 Å². The van der Waals surface area contributed by atoms with E-state index < -0.39 is 5.41 Å². The van der Waals surface area contributed by atoms with Crippen molar-refractivity contribution in [2.24, 2.45) is 5.41 Å². The summed E-state index contributed by atoms with van der Waals surface area (Å²) in [6, 6.07) is 4.70. The topological polar surface area (TPSA) is 42.1 Å². The molecule has 0 bridgehead atoms. The molecule has 0 saturated heterocycles. The first-order valence-corrected chi connectivity index (χ1v) is 6.80. The molecular formula is C16H20FNO2. The highest BCUT2D eigenvalue weighted by Crippen LogP contribution is 2.21. The Balaban J connectivity index is 1.90. The number of aryl methyl sites for hydroxylation is 1. The van der Waals surface area contributed by atoms with E-state index in [0.29, 0.717) is 6.61 Å². The minimum atomic E-state index is -0.468. The summed E-state index contributed by atoms with van der Waals surface area (Å²) in [7, 11) is 0. The van der Waals surface area contributed by atoms with Gasteiger partial charge >= 0.3 is 5.97 Å². The fourth-order valence-electron chi connectivity index (χ4n) is 2.00. The zero-order valence-corrected chi connectivity index (χ0v) is 12.1. The largest absolute Gasteiger partial charge is 0.465 e. The number of esters is 1. The number of aromatic nitrogens is 1. The van der Waals surface area contributed by atoms with Crippen molar-refractivity contribution in [2.45, 2.75) is 33.6 Å². The van der Waals surface area contributed by atoms with Gasteiger partial charge in [-0.15, -0.1) is 0 Å². The third-order valence-corrected chi connectivity index (χ3v) is 3.17. The molecule has 1 aromatic heterocycles. The van der Waals surface area contributed by atoms with Crippen LogP contribution in [0.1, 0.15) is 32.8 Å². The standard InChI is InChI=1S/C16H20FNO2/c1-16(2,3)15(19)20-8-4-5-11-10-18-14-7-6-12(17)9-13(11)14/h6-7,9-10,18H,4-5,8H2,1-3H3. The number of rotatable bonds is 4. The molecule has 20 heavy (non-hydrogen) atoms. The molecular weight excluding hydrogens is 257 g/mol. The quantitative estimate of drug-likeness (QED) is 0.681. The SMILES string of the molecule is CC(C)(C)C(=O)OCCCc1c[nH]c2ccc(F)cc12. The average Bonchev–Trinajstić information content (AvgIpc) is 2.75. The van der Waals surface area contributed by atoms with E-state index >= 15 is 0 Å². The Morgan fingerprint density at radius 2 is 2.10 bits per heavy atom. The van der Waals surface area contributed by atoms with Crippen LogP contribution >= 0.6 is 0 Å². The molecule has 0 amide bonds. The maximum Gasteiger partial charge on any atom is 0.311 e. The predicted octanol–water partition coefficient (Wildman–Crippen LogP) is 3.83. The van der Waals surface area contributed by atoms with Gasteiger partial charge in [-0.3, -0.25) is 4.79 Å². The highest BCUT2D eigenvalue weighted by atomic mass is 19.1. The lowest BCUT2D eigenvalue weighted by Gasteiger charge is -2.16. The highest BCUT2D eigenvalue weighted by Gasteiger charge is 2.22. The second kappa shape index (κ2) is 5.65. The maximum atomic E-state index is 13.2. The number of nitrogens with one attached hydrogen (secondary N) is 1. The van der Waals surface area contributed by atoms with Gasteiger partial charge in [-0.25, -0.2) is 4.39 Å². The second-order valence-electron chi connectivity index (χ2n) is 5.99. The molecule has 0 aliphatic rings. The van der Waals surface area contributed by atoms with Gasteiger partial charge < -0.3 is 9.72 Å².